The summed E-state index contributed by atoms with van der Waals surface area (Å²) in [6, 6.07) is 10.7. The number of hydrogen-bond acceptors (Lipinski definition) is 5. The molecule has 0 spiro atoms. The Morgan fingerprint density at radius 3 is 2.55 bits per heavy atom. The number of ether oxygens (including phenoxy) is 1. The molecule has 1 unspecified atom stereocenters. The van der Waals surface area contributed by atoms with Gasteiger partial charge >= 0.3 is 0 Å². The quantitative estimate of drug-likeness (QED) is 0.272. The van der Waals surface area contributed by atoms with Crippen molar-refractivity contribution < 1.29 is 18.4 Å². The van der Waals surface area contributed by atoms with Crippen LogP contribution in [0.5, 0.6) is 0 Å². The van der Waals surface area contributed by atoms with Crippen LogP contribution in [0.2, 0.25) is 5.02 Å². The minimum atomic E-state index is -0.507. The number of imidazole rings is 1. The number of amides is 1. The maximum atomic E-state index is 13.9. The Bertz CT molecular complexity index is 1500. The number of carbonyl (C=O) groups excluding carboxylic acids is 1. The van der Waals surface area contributed by atoms with Gasteiger partial charge in [0.25, 0.3) is 0 Å². The fourth-order valence-corrected chi connectivity index (χ4v) is 6.39. The number of halogens is 2. The van der Waals surface area contributed by atoms with E-state index in [4.69, 9.17) is 25.8 Å². The van der Waals surface area contributed by atoms with Crippen molar-refractivity contribution in [1.29, 1.82) is 0 Å². The van der Waals surface area contributed by atoms with Crippen LogP contribution >= 0.6 is 11.6 Å². The molecule has 6 rings (SSSR count). The molecule has 1 saturated carbocycles. The summed E-state index contributed by atoms with van der Waals surface area (Å²) >= 11 is 6.11. The lowest BCUT2D eigenvalue weighted by Gasteiger charge is -2.32. The number of methoxy groups -OCH3 is 1. The second-order valence-corrected chi connectivity index (χ2v) is 10.7. The molecule has 1 aliphatic heterocycles. The molecule has 2 aliphatic rings. The average molecular weight is 537 g/mol. The summed E-state index contributed by atoms with van der Waals surface area (Å²) in [6.45, 7) is 3.85. The smallest absolute Gasteiger partial charge is 0.227 e. The third-order valence-electron chi connectivity index (χ3n) is 8.07. The largest absolute Gasteiger partial charge is 0.381 e. The third-order valence-corrected chi connectivity index (χ3v) is 8.36. The van der Waals surface area contributed by atoms with Crippen LogP contribution in [-0.4, -0.2) is 33.8 Å². The fourth-order valence-electron chi connectivity index (χ4n) is 6.21. The molecule has 2 aromatic heterocycles. The van der Waals surface area contributed by atoms with Gasteiger partial charge in [-0.2, -0.15) is 0 Å². The van der Waals surface area contributed by atoms with Gasteiger partial charge in [0.1, 0.15) is 17.4 Å². The molecule has 9 heteroatoms. The number of nitrogens with zero attached hydrogens (tertiary/aromatic N) is 4. The molecule has 0 radical (unpaired) electrons. The summed E-state index contributed by atoms with van der Waals surface area (Å²) in [5.74, 6) is 1.09. The maximum Gasteiger partial charge on any atom is 0.227 e. The highest BCUT2D eigenvalue weighted by molar-refractivity contribution is 6.31. The molecule has 1 amide bonds. The number of rotatable bonds is 5. The van der Waals surface area contributed by atoms with Crippen molar-refractivity contribution >= 4 is 34.2 Å². The Morgan fingerprint density at radius 1 is 1.08 bits per heavy atom. The monoisotopic (exact) mass is 536 g/mol. The molecule has 7 nitrogen and oxygen atoms in total. The van der Waals surface area contributed by atoms with Gasteiger partial charge in [-0.1, -0.05) is 22.8 Å². The predicted octanol–water partition coefficient (Wildman–Crippen LogP) is 7.10. The summed E-state index contributed by atoms with van der Waals surface area (Å²) in [5.41, 5.74) is 5.29. The highest BCUT2D eigenvalue weighted by Crippen LogP contribution is 2.43. The average Bonchev–Trinajstić information content (AvgIpc) is 3.59. The Morgan fingerprint density at radius 2 is 1.87 bits per heavy atom. The van der Waals surface area contributed by atoms with Crippen LogP contribution in [0.4, 0.5) is 10.1 Å². The first-order valence-corrected chi connectivity index (χ1v) is 13.5. The molecule has 2 aromatic carbocycles. The molecule has 198 valence electrons. The Hall–Kier alpha value is -3.23. The molecule has 0 N–H and O–H groups in total. The van der Waals surface area contributed by atoms with Gasteiger partial charge in [-0.25, -0.2) is 9.37 Å². The number of fused-ring (bicyclic) bond motifs is 1. The lowest BCUT2D eigenvalue weighted by atomic mass is 9.92. The maximum absolute atomic E-state index is 13.9. The van der Waals surface area contributed by atoms with Crippen molar-refractivity contribution in [2.24, 2.45) is 0 Å². The van der Waals surface area contributed by atoms with Crippen LogP contribution in [0.25, 0.3) is 22.2 Å². The van der Waals surface area contributed by atoms with Crippen molar-refractivity contribution in [2.75, 3.05) is 12.0 Å². The summed E-state index contributed by atoms with van der Waals surface area (Å²) in [6.07, 6.45) is 5.15. The molecule has 38 heavy (non-hydrogen) atoms. The number of aromatic nitrogens is 3. The van der Waals surface area contributed by atoms with Crippen molar-refractivity contribution in [3.8, 4) is 11.1 Å². The lowest BCUT2D eigenvalue weighted by Crippen LogP contribution is -2.31. The SMILES string of the molecule is COC1CCC(n2c(C3CCC(=O)N3c3ccc(F)c(Cl)c3)nc3cc(-c4c(C)noc4C)ccc32)CC1. The highest BCUT2D eigenvalue weighted by Gasteiger charge is 2.38. The fraction of sp³-hybridized carbons (Fsp3) is 0.414. The topological polar surface area (TPSA) is 73.4 Å². The molecule has 1 atom stereocenters. The van der Waals surface area contributed by atoms with E-state index in [9.17, 15) is 9.18 Å². The molecule has 3 heterocycles. The van der Waals surface area contributed by atoms with Crippen LogP contribution in [0, 0.1) is 19.7 Å². The van der Waals surface area contributed by atoms with E-state index >= 15 is 0 Å². The zero-order chi connectivity index (χ0) is 26.6. The molecule has 2 fully saturated rings. The number of hydrogen-bond donors (Lipinski definition) is 0. The van der Waals surface area contributed by atoms with Gasteiger partial charge in [0.2, 0.25) is 5.91 Å². The zero-order valence-corrected chi connectivity index (χ0v) is 22.5. The standard InChI is InChI=1S/C29H30ClFN4O3/c1-16-28(17(2)38-33-16)18-4-11-25-24(14-18)32-29(35(25)19-5-8-21(37-3)9-6-19)26-12-13-27(36)34(26)20-7-10-23(31)22(30)15-20/h4,7,10-11,14-15,19,21,26H,5-6,8-9,12-13H2,1-3H3. The van der Waals surface area contributed by atoms with E-state index in [1.807, 2.05) is 13.8 Å². The van der Waals surface area contributed by atoms with E-state index in [1.54, 1.807) is 18.1 Å². The molecule has 0 bridgehead atoms. The van der Waals surface area contributed by atoms with Crippen molar-refractivity contribution in [1.82, 2.24) is 14.7 Å². The first kappa shape index (κ1) is 25.1. The molecule has 4 aromatic rings. The molecular weight excluding hydrogens is 507 g/mol. The minimum absolute atomic E-state index is 0.00329. The number of aryl methyl sites for hydroxylation is 2. The lowest BCUT2D eigenvalue weighted by molar-refractivity contribution is -0.117. The van der Waals surface area contributed by atoms with Crippen molar-refractivity contribution in [2.45, 2.75) is 70.6 Å². The molecule has 1 aliphatic carbocycles. The van der Waals surface area contributed by atoms with Crippen LogP contribution in [0.1, 0.15) is 67.9 Å². The van der Waals surface area contributed by atoms with E-state index in [1.165, 1.54) is 12.1 Å². The predicted molar refractivity (Wildman–Crippen MR) is 144 cm³/mol. The second-order valence-electron chi connectivity index (χ2n) is 10.3. The third kappa shape index (κ3) is 4.20. The van der Waals surface area contributed by atoms with E-state index in [0.717, 1.165) is 65.1 Å². The van der Waals surface area contributed by atoms with Crippen LogP contribution in [0.15, 0.2) is 40.9 Å². The van der Waals surface area contributed by atoms with Gasteiger partial charge < -0.3 is 18.7 Å². The number of carbonyl (C=O) groups is 1. The Labute approximate surface area is 225 Å². The normalized spacial score (nSPS) is 22.1. The Balaban J connectivity index is 1.49. The van der Waals surface area contributed by atoms with E-state index in [0.29, 0.717) is 18.5 Å². The summed E-state index contributed by atoms with van der Waals surface area (Å²) in [4.78, 5) is 20.0. The zero-order valence-electron chi connectivity index (χ0n) is 21.7. The van der Waals surface area contributed by atoms with Crippen LogP contribution < -0.4 is 4.90 Å². The first-order valence-electron chi connectivity index (χ1n) is 13.1. The number of benzene rings is 2. The van der Waals surface area contributed by atoms with E-state index in [-0.39, 0.29) is 29.1 Å². The second kappa shape index (κ2) is 9.82. The van der Waals surface area contributed by atoms with Gasteiger partial charge in [0, 0.05) is 30.8 Å². The Kier molecular flexibility index (Phi) is 6.48. The van der Waals surface area contributed by atoms with Crippen LogP contribution in [0.3, 0.4) is 0 Å². The number of anilines is 1. The molecular formula is C29H30ClFN4O3. The van der Waals surface area contributed by atoms with E-state index < -0.39 is 5.82 Å². The van der Waals surface area contributed by atoms with Gasteiger partial charge in [0.05, 0.1) is 33.9 Å². The summed E-state index contributed by atoms with van der Waals surface area (Å²) in [7, 11) is 1.77. The minimum Gasteiger partial charge on any atom is -0.381 e. The summed E-state index contributed by atoms with van der Waals surface area (Å²) in [5, 5.41) is 4.11. The van der Waals surface area contributed by atoms with Crippen LogP contribution in [-0.2, 0) is 9.53 Å². The highest BCUT2D eigenvalue weighted by atomic mass is 35.5. The van der Waals surface area contributed by atoms with Gasteiger partial charge in [-0.15, -0.1) is 0 Å². The van der Waals surface area contributed by atoms with Crippen molar-refractivity contribution in [3.05, 3.63) is 64.5 Å². The summed E-state index contributed by atoms with van der Waals surface area (Å²) < 4.78 is 27.3. The molecule has 1 saturated heterocycles. The van der Waals surface area contributed by atoms with Gasteiger partial charge in [0.15, 0.2) is 0 Å². The first-order chi connectivity index (χ1) is 18.4. The van der Waals surface area contributed by atoms with Gasteiger partial charge in [-0.05, 0) is 81.8 Å². The van der Waals surface area contributed by atoms with Gasteiger partial charge in [-0.3, -0.25) is 4.79 Å². The van der Waals surface area contributed by atoms with Crippen molar-refractivity contribution in [3.63, 3.8) is 0 Å². The van der Waals surface area contributed by atoms with E-state index in [2.05, 4.69) is 27.9 Å².